The Bertz CT molecular complexity index is 514. The number of allylic oxidation sites excluding steroid dienone is 1. The van der Waals surface area contributed by atoms with Gasteiger partial charge in [-0.2, -0.15) is 0 Å². The summed E-state index contributed by atoms with van der Waals surface area (Å²) >= 11 is 5.86. The number of ether oxygens (including phenoxy) is 1. The summed E-state index contributed by atoms with van der Waals surface area (Å²) in [6, 6.07) is 4.94. The van der Waals surface area contributed by atoms with Crippen LogP contribution in [0.4, 0.5) is 0 Å². The lowest BCUT2D eigenvalue weighted by atomic mass is 10.1. The maximum absolute atomic E-state index is 11.2. The Morgan fingerprint density at radius 1 is 1.31 bits per heavy atom. The lowest BCUT2D eigenvalue weighted by molar-refractivity contribution is 0.101. The van der Waals surface area contributed by atoms with Crippen LogP contribution in [0.3, 0.4) is 0 Å². The second-order valence-corrected chi connectivity index (χ2v) is 6.83. The first kappa shape index (κ1) is 24.6. The Morgan fingerprint density at radius 3 is 2.35 bits per heavy atom. The summed E-state index contributed by atoms with van der Waals surface area (Å²) in [6.45, 7) is 10.3. The smallest absolute Gasteiger partial charge is 0.159 e. The van der Waals surface area contributed by atoms with Crippen molar-refractivity contribution < 1.29 is 14.4 Å². The van der Waals surface area contributed by atoms with E-state index in [0.29, 0.717) is 36.0 Å². The number of hydrogen-bond donors (Lipinski definition) is 1. The fraction of sp³-hybridized carbons (Fsp3) is 0.571. The van der Waals surface area contributed by atoms with Gasteiger partial charge in [-0.15, -0.1) is 6.58 Å². The van der Waals surface area contributed by atoms with E-state index in [9.17, 15) is 4.79 Å². The fourth-order valence-corrected chi connectivity index (χ4v) is 2.54. The topological polar surface area (TPSA) is 61.5 Å². The Kier molecular flexibility index (Phi) is 15.0. The molecule has 1 aromatic rings. The third-order valence-electron chi connectivity index (χ3n) is 3.89. The third kappa shape index (κ3) is 12.9. The minimum Gasteiger partial charge on any atom is -0.493 e. The second-order valence-electron chi connectivity index (χ2n) is 6.39. The zero-order valence-corrected chi connectivity index (χ0v) is 17.2. The molecule has 1 aliphatic carbocycles. The van der Waals surface area contributed by atoms with Crippen molar-refractivity contribution in [2.24, 2.45) is 11.8 Å². The number of Topliss-reactive ketones (excluding diaryl/α,β-unsaturated/α-hetero) is 1. The average molecular weight is 384 g/mol. The highest BCUT2D eigenvalue weighted by Gasteiger charge is 2.07. The molecule has 0 saturated heterocycles. The Balaban J connectivity index is 0.000000509. The first-order valence-electron chi connectivity index (χ1n) is 9.31. The molecule has 1 fully saturated rings. The van der Waals surface area contributed by atoms with E-state index in [1.54, 1.807) is 18.2 Å². The zero-order chi connectivity index (χ0) is 19.8. The van der Waals surface area contributed by atoms with Crippen LogP contribution < -0.4 is 10.6 Å². The van der Waals surface area contributed by atoms with Crippen LogP contribution in [0.2, 0.25) is 5.02 Å². The van der Waals surface area contributed by atoms with Gasteiger partial charge in [-0.3, -0.25) is 4.79 Å². The van der Waals surface area contributed by atoms with Gasteiger partial charge in [0.25, 0.3) is 0 Å². The van der Waals surface area contributed by atoms with Crippen LogP contribution in [0.25, 0.3) is 0 Å². The third-order valence-corrected chi connectivity index (χ3v) is 4.10. The van der Waals surface area contributed by atoms with Gasteiger partial charge in [-0.05, 0) is 37.5 Å². The molecule has 0 heterocycles. The van der Waals surface area contributed by atoms with Crippen LogP contribution >= 0.6 is 11.6 Å². The molecule has 5 heteroatoms. The van der Waals surface area contributed by atoms with Gasteiger partial charge in [0.15, 0.2) is 5.78 Å². The molecule has 0 spiro atoms. The maximum Gasteiger partial charge on any atom is 0.159 e. The van der Waals surface area contributed by atoms with E-state index in [-0.39, 0.29) is 5.78 Å². The number of benzene rings is 1. The number of halogens is 1. The van der Waals surface area contributed by atoms with Gasteiger partial charge in [-0.25, -0.2) is 5.90 Å². The molecule has 0 unspecified atom stereocenters. The van der Waals surface area contributed by atoms with Crippen LogP contribution in [0.5, 0.6) is 5.75 Å². The van der Waals surface area contributed by atoms with E-state index in [1.807, 2.05) is 6.08 Å². The number of carbonyl (C=O) groups excluding carboxylic acids is 1. The van der Waals surface area contributed by atoms with Crippen molar-refractivity contribution in [1.29, 1.82) is 0 Å². The number of rotatable bonds is 7. The summed E-state index contributed by atoms with van der Waals surface area (Å²) in [5.41, 5.74) is 0.539. The van der Waals surface area contributed by atoms with E-state index in [2.05, 4.69) is 25.3 Å². The lowest BCUT2D eigenvalue weighted by Crippen LogP contribution is -2.06. The van der Waals surface area contributed by atoms with E-state index in [4.69, 9.17) is 22.2 Å². The van der Waals surface area contributed by atoms with Crippen LogP contribution in [0, 0.1) is 5.92 Å². The molecule has 0 bridgehead atoms. The normalized spacial score (nSPS) is 13.1. The van der Waals surface area contributed by atoms with Crippen molar-refractivity contribution in [2.75, 3.05) is 13.2 Å². The van der Waals surface area contributed by atoms with Crippen molar-refractivity contribution >= 4 is 17.4 Å². The highest BCUT2D eigenvalue weighted by Crippen LogP contribution is 2.23. The first-order chi connectivity index (χ1) is 12.4. The monoisotopic (exact) mass is 383 g/mol. The molecule has 0 aromatic heterocycles. The molecule has 148 valence electrons. The van der Waals surface area contributed by atoms with Crippen LogP contribution in [0.15, 0.2) is 30.9 Å². The molecule has 1 aromatic carbocycles. The van der Waals surface area contributed by atoms with Gasteiger partial charge in [-0.1, -0.05) is 57.2 Å². The zero-order valence-electron chi connectivity index (χ0n) is 16.4. The highest BCUT2D eigenvalue weighted by molar-refractivity contribution is 6.31. The van der Waals surface area contributed by atoms with Crippen LogP contribution in [0.1, 0.15) is 69.7 Å². The highest BCUT2D eigenvalue weighted by atomic mass is 35.5. The summed E-state index contributed by atoms with van der Waals surface area (Å²) in [6.07, 6.45) is 9.58. The number of hydrogen-bond acceptors (Lipinski definition) is 4. The summed E-state index contributed by atoms with van der Waals surface area (Å²) in [5, 5.41) is 0.484. The number of ketones is 1. The minimum absolute atomic E-state index is 0.0439. The largest absolute Gasteiger partial charge is 0.493 e. The molecule has 0 atom stereocenters. The number of carbonyl (C=O) groups is 1. The van der Waals surface area contributed by atoms with Gasteiger partial charge >= 0.3 is 0 Å². The van der Waals surface area contributed by atoms with Crippen LogP contribution in [-0.4, -0.2) is 19.0 Å². The van der Waals surface area contributed by atoms with Gasteiger partial charge in [0, 0.05) is 17.0 Å². The van der Waals surface area contributed by atoms with Gasteiger partial charge in [0.2, 0.25) is 0 Å². The average Bonchev–Trinajstić information content (AvgIpc) is 3.10. The van der Waals surface area contributed by atoms with E-state index in [0.717, 1.165) is 12.3 Å². The standard InChI is InChI=1S/C11H14ClNO3.C6H12.C4H8/c1-8(14)9-5-10(12)7-11(6-9)15-3-2-4-16-13;1-6-4-2-3-5-6;1-3-4-2/h5-7H,2-4,13H2,1H3;6H,2-5H2,1H3;3H,1,4H2,2H3. The molecular weight excluding hydrogens is 350 g/mol. The summed E-state index contributed by atoms with van der Waals surface area (Å²) in [4.78, 5) is 15.6. The molecule has 0 radical (unpaired) electrons. The van der Waals surface area contributed by atoms with Gasteiger partial charge in [0.1, 0.15) is 5.75 Å². The van der Waals surface area contributed by atoms with Gasteiger partial charge < -0.3 is 9.57 Å². The Labute approximate surface area is 163 Å². The maximum atomic E-state index is 11.2. The first-order valence-corrected chi connectivity index (χ1v) is 9.69. The Morgan fingerprint density at radius 2 is 1.92 bits per heavy atom. The van der Waals surface area contributed by atoms with E-state index >= 15 is 0 Å². The molecule has 2 N–H and O–H groups in total. The molecule has 4 nitrogen and oxygen atoms in total. The van der Waals surface area contributed by atoms with E-state index < -0.39 is 0 Å². The summed E-state index contributed by atoms with van der Waals surface area (Å²) < 4.78 is 5.41. The van der Waals surface area contributed by atoms with Crippen molar-refractivity contribution in [3.63, 3.8) is 0 Å². The molecule has 2 rings (SSSR count). The molecule has 0 aliphatic heterocycles. The quantitative estimate of drug-likeness (QED) is 0.272. The van der Waals surface area contributed by atoms with E-state index in [1.165, 1.54) is 32.6 Å². The molecule has 26 heavy (non-hydrogen) atoms. The predicted molar refractivity (Wildman–Crippen MR) is 110 cm³/mol. The predicted octanol–water partition coefficient (Wildman–Crippen LogP) is 5.98. The second kappa shape index (κ2) is 15.9. The molecule has 1 saturated carbocycles. The molecular formula is C21H34ClNO3. The molecule has 1 aliphatic rings. The number of nitrogens with two attached hydrogens (primary N) is 1. The van der Waals surface area contributed by atoms with Crippen molar-refractivity contribution in [3.8, 4) is 5.75 Å². The fourth-order valence-electron chi connectivity index (χ4n) is 2.31. The minimum atomic E-state index is -0.0439. The van der Waals surface area contributed by atoms with Crippen molar-refractivity contribution in [3.05, 3.63) is 41.4 Å². The van der Waals surface area contributed by atoms with Crippen molar-refractivity contribution in [2.45, 2.75) is 59.3 Å². The summed E-state index contributed by atoms with van der Waals surface area (Å²) in [5.74, 6) is 6.46. The summed E-state index contributed by atoms with van der Waals surface area (Å²) in [7, 11) is 0. The van der Waals surface area contributed by atoms with Crippen molar-refractivity contribution in [1.82, 2.24) is 0 Å². The lowest BCUT2D eigenvalue weighted by Gasteiger charge is -2.07. The van der Waals surface area contributed by atoms with Gasteiger partial charge in [0.05, 0.1) is 13.2 Å². The Hall–Kier alpha value is -1.36. The SMILES string of the molecule is C=CCC.CC(=O)c1cc(Cl)cc(OCCCON)c1.CC1CCCC1. The van der Waals surface area contributed by atoms with Crippen LogP contribution in [-0.2, 0) is 4.84 Å². The molecule has 0 amide bonds.